The summed E-state index contributed by atoms with van der Waals surface area (Å²) >= 11 is 0. The molecule has 1 aromatic heterocycles. The van der Waals surface area contributed by atoms with Crippen molar-refractivity contribution >= 4 is 5.91 Å². The van der Waals surface area contributed by atoms with Crippen molar-refractivity contribution in [3.05, 3.63) is 53.6 Å². The van der Waals surface area contributed by atoms with Gasteiger partial charge in [0.25, 0.3) is 0 Å². The van der Waals surface area contributed by atoms with Gasteiger partial charge in [0.15, 0.2) is 6.61 Å². The lowest BCUT2D eigenvalue weighted by Crippen LogP contribution is -2.29. The summed E-state index contributed by atoms with van der Waals surface area (Å²) < 4.78 is 60.2. The van der Waals surface area contributed by atoms with Gasteiger partial charge in [-0.2, -0.15) is 13.2 Å². The average Bonchev–Trinajstić information content (AvgIpc) is 3.46. The number of methoxy groups -OCH3 is 1. The van der Waals surface area contributed by atoms with Crippen LogP contribution in [0.15, 0.2) is 36.5 Å². The molecule has 1 amide bonds. The van der Waals surface area contributed by atoms with E-state index in [0.717, 1.165) is 0 Å². The fourth-order valence-electron chi connectivity index (χ4n) is 3.06. The zero-order valence-electron chi connectivity index (χ0n) is 15.8. The van der Waals surface area contributed by atoms with Crippen molar-refractivity contribution in [3.63, 3.8) is 0 Å². The summed E-state index contributed by atoms with van der Waals surface area (Å²) in [6.07, 6.45) is -2.71. The predicted molar refractivity (Wildman–Crippen MR) is 96.1 cm³/mol. The lowest BCUT2D eigenvalue weighted by molar-refractivity contribution is -0.153. The second-order valence-electron chi connectivity index (χ2n) is 6.89. The van der Waals surface area contributed by atoms with Crippen molar-refractivity contribution in [1.82, 2.24) is 10.3 Å². The van der Waals surface area contributed by atoms with Crippen LogP contribution in [0.5, 0.6) is 11.5 Å². The van der Waals surface area contributed by atoms with Gasteiger partial charge in [0.1, 0.15) is 17.3 Å². The number of ether oxygens (including phenoxy) is 2. The zero-order chi connectivity index (χ0) is 21.2. The minimum atomic E-state index is -4.43. The normalized spacial score (nSPS) is 19.4. The molecule has 1 aliphatic carbocycles. The van der Waals surface area contributed by atoms with E-state index in [4.69, 9.17) is 4.74 Å². The number of alkyl halides is 3. The van der Waals surface area contributed by atoms with Crippen LogP contribution in [-0.2, 0) is 4.79 Å². The Balaban J connectivity index is 1.55. The van der Waals surface area contributed by atoms with Gasteiger partial charge < -0.3 is 14.8 Å². The number of rotatable bonds is 7. The molecular weight excluding hydrogens is 392 g/mol. The molecule has 1 aliphatic rings. The molecule has 2 unspecified atom stereocenters. The first-order valence-corrected chi connectivity index (χ1v) is 8.97. The van der Waals surface area contributed by atoms with E-state index < -0.39 is 24.6 Å². The smallest absolute Gasteiger partial charge is 0.422 e. The van der Waals surface area contributed by atoms with Gasteiger partial charge >= 0.3 is 6.18 Å². The molecule has 3 atom stereocenters. The topological polar surface area (TPSA) is 60.5 Å². The third-order valence-corrected chi connectivity index (χ3v) is 4.70. The second kappa shape index (κ2) is 8.26. The number of benzene rings is 1. The highest BCUT2D eigenvalue weighted by Gasteiger charge is 2.45. The lowest BCUT2D eigenvalue weighted by Gasteiger charge is -2.14. The molecule has 1 N–H and O–H groups in total. The van der Waals surface area contributed by atoms with Gasteiger partial charge in [0, 0.05) is 12.0 Å². The summed E-state index contributed by atoms with van der Waals surface area (Å²) in [4.78, 5) is 16.5. The monoisotopic (exact) mass is 412 g/mol. The van der Waals surface area contributed by atoms with Gasteiger partial charge in [0.2, 0.25) is 5.91 Å². The van der Waals surface area contributed by atoms with Crippen LogP contribution in [0.25, 0.3) is 0 Å². The summed E-state index contributed by atoms with van der Waals surface area (Å²) in [6.45, 7) is 0.313. The van der Waals surface area contributed by atoms with Gasteiger partial charge in [-0.25, -0.2) is 4.39 Å². The number of nitrogens with one attached hydrogen (secondary N) is 1. The Labute approximate surface area is 165 Å². The Morgan fingerprint density at radius 1 is 1.28 bits per heavy atom. The van der Waals surface area contributed by atoms with E-state index in [1.165, 1.54) is 31.5 Å². The van der Waals surface area contributed by atoms with Crippen LogP contribution in [-0.4, -0.2) is 30.8 Å². The molecule has 0 radical (unpaired) electrons. The van der Waals surface area contributed by atoms with Gasteiger partial charge in [-0.3, -0.25) is 9.78 Å². The fraction of sp³-hybridized carbons (Fsp3) is 0.400. The van der Waals surface area contributed by atoms with Crippen molar-refractivity contribution in [2.24, 2.45) is 5.92 Å². The molecule has 0 saturated heterocycles. The van der Waals surface area contributed by atoms with Crippen molar-refractivity contribution in [3.8, 4) is 11.5 Å². The summed E-state index contributed by atoms with van der Waals surface area (Å²) in [5.41, 5.74) is 0.952. The largest absolute Gasteiger partial charge is 0.497 e. The van der Waals surface area contributed by atoms with E-state index >= 15 is 0 Å². The molecule has 29 heavy (non-hydrogen) atoms. The van der Waals surface area contributed by atoms with Crippen molar-refractivity contribution < 1.29 is 31.8 Å². The Bertz CT molecular complexity index is 871. The molecule has 1 aromatic carbocycles. The standard InChI is InChI=1S/C20H20F4N2O3/c1-11(18-6-4-13(9-25-18)29-10-20(22,23)24)26-19(27)16-8-15(16)14-5-3-12(28-2)7-17(14)21/h3-7,9,11,15-16H,8,10H2,1-2H3,(H,26,27)/t11-,15?,16?/m1/s1. The Morgan fingerprint density at radius 2 is 2.00 bits per heavy atom. The number of pyridine rings is 1. The highest BCUT2D eigenvalue weighted by atomic mass is 19.4. The van der Waals surface area contributed by atoms with Gasteiger partial charge in [-0.15, -0.1) is 0 Å². The molecule has 9 heteroatoms. The lowest BCUT2D eigenvalue weighted by atomic mass is 10.1. The molecule has 5 nitrogen and oxygen atoms in total. The summed E-state index contributed by atoms with van der Waals surface area (Å²) in [7, 11) is 1.45. The first-order valence-electron chi connectivity index (χ1n) is 8.97. The summed E-state index contributed by atoms with van der Waals surface area (Å²) in [5, 5.41) is 2.81. The van der Waals surface area contributed by atoms with Crippen molar-refractivity contribution in [1.29, 1.82) is 0 Å². The Morgan fingerprint density at radius 3 is 2.59 bits per heavy atom. The summed E-state index contributed by atoms with van der Waals surface area (Å²) in [6, 6.07) is 6.96. The number of amides is 1. The van der Waals surface area contributed by atoms with E-state index in [2.05, 4.69) is 15.0 Å². The molecule has 0 bridgehead atoms. The van der Waals surface area contributed by atoms with Crippen LogP contribution in [0, 0.1) is 11.7 Å². The second-order valence-corrected chi connectivity index (χ2v) is 6.89. The maximum Gasteiger partial charge on any atom is 0.422 e. The number of carbonyl (C=O) groups excluding carboxylic acids is 1. The molecule has 1 fully saturated rings. The predicted octanol–water partition coefficient (Wildman–Crippen LogP) is 4.15. The van der Waals surface area contributed by atoms with Gasteiger partial charge in [0.05, 0.1) is 25.0 Å². The third kappa shape index (κ3) is 5.36. The first-order chi connectivity index (χ1) is 13.7. The number of aromatic nitrogens is 1. The number of hydrogen-bond donors (Lipinski definition) is 1. The molecular formula is C20H20F4N2O3. The molecule has 0 aliphatic heterocycles. The van der Waals surface area contributed by atoms with E-state index in [1.807, 2.05) is 0 Å². The summed E-state index contributed by atoms with van der Waals surface area (Å²) in [5.74, 6) is -0.767. The minimum Gasteiger partial charge on any atom is -0.497 e. The van der Waals surface area contributed by atoms with E-state index in [9.17, 15) is 22.4 Å². The van der Waals surface area contributed by atoms with E-state index in [1.54, 1.807) is 19.1 Å². The van der Waals surface area contributed by atoms with Crippen LogP contribution in [0.4, 0.5) is 17.6 Å². The van der Waals surface area contributed by atoms with Crippen LogP contribution in [0.3, 0.4) is 0 Å². The van der Waals surface area contributed by atoms with E-state index in [-0.39, 0.29) is 23.5 Å². The molecule has 1 heterocycles. The molecule has 3 rings (SSSR count). The Hall–Kier alpha value is -2.84. The Kier molecular flexibility index (Phi) is 5.95. The number of carbonyl (C=O) groups is 1. The first kappa shape index (κ1) is 20.9. The van der Waals surface area contributed by atoms with Crippen molar-refractivity contribution in [2.45, 2.75) is 31.5 Å². The van der Waals surface area contributed by atoms with Crippen LogP contribution in [0.2, 0.25) is 0 Å². The number of halogens is 4. The van der Waals surface area contributed by atoms with Crippen molar-refractivity contribution in [2.75, 3.05) is 13.7 Å². The molecule has 0 spiro atoms. The molecule has 2 aromatic rings. The van der Waals surface area contributed by atoms with Gasteiger partial charge in [-0.1, -0.05) is 6.07 Å². The number of hydrogen-bond acceptors (Lipinski definition) is 4. The zero-order valence-corrected chi connectivity index (χ0v) is 15.8. The molecule has 156 valence electrons. The van der Waals surface area contributed by atoms with E-state index in [0.29, 0.717) is 23.4 Å². The highest BCUT2D eigenvalue weighted by molar-refractivity contribution is 5.83. The maximum atomic E-state index is 14.2. The quantitative estimate of drug-likeness (QED) is 0.694. The third-order valence-electron chi connectivity index (χ3n) is 4.70. The fourth-order valence-corrected chi connectivity index (χ4v) is 3.06. The van der Waals surface area contributed by atoms with Gasteiger partial charge in [-0.05, 0) is 43.0 Å². The van der Waals surface area contributed by atoms with Crippen LogP contribution < -0.4 is 14.8 Å². The maximum absolute atomic E-state index is 14.2. The minimum absolute atomic E-state index is 0.0122. The van der Waals surface area contributed by atoms with Crippen LogP contribution >= 0.6 is 0 Å². The highest BCUT2D eigenvalue weighted by Crippen LogP contribution is 2.49. The molecule has 1 saturated carbocycles. The van der Waals surface area contributed by atoms with Crippen LogP contribution in [0.1, 0.15) is 36.6 Å². The average molecular weight is 412 g/mol. The SMILES string of the molecule is COc1ccc(C2CC2C(=O)N[C@H](C)c2ccc(OCC(F)(F)F)cn2)c(F)c1. The number of nitrogens with zero attached hydrogens (tertiary/aromatic N) is 1.